The van der Waals surface area contributed by atoms with Gasteiger partial charge in [-0.05, 0) is 51.5 Å². The van der Waals surface area contributed by atoms with Crippen LogP contribution in [0.15, 0.2) is 66.7 Å². The van der Waals surface area contributed by atoms with Crippen LogP contribution in [0.3, 0.4) is 0 Å². The highest BCUT2D eigenvalue weighted by atomic mass is 16.5. The second-order valence-electron chi connectivity index (χ2n) is 8.50. The van der Waals surface area contributed by atoms with Gasteiger partial charge in [0.2, 0.25) is 0 Å². The van der Waals surface area contributed by atoms with E-state index in [0.29, 0.717) is 5.56 Å². The number of para-hydroxylation sites is 2. The normalized spacial score (nSPS) is 15.0. The van der Waals surface area contributed by atoms with E-state index in [1.54, 1.807) is 0 Å². The summed E-state index contributed by atoms with van der Waals surface area (Å²) in [7, 11) is 0. The third-order valence-corrected chi connectivity index (χ3v) is 6.97. The standard InChI is InChI=1S/C29H30N2O2/c1-5-30(6-2)24-17-10-8-13-20(24)21-15-12-16-23-27(21)28(33-29(23)32)26-19(4)31(7-3)25-18-11-9-14-22(25)26/h8-18,28H,5-7H2,1-4H3. The molecule has 1 aliphatic rings. The summed E-state index contributed by atoms with van der Waals surface area (Å²) in [6.07, 6.45) is -0.425. The van der Waals surface area contributed by atoms with E-state index in [0.717, 1.165) is 53.0 Å². The van der Waals surface area contributed by atoms with Crippen LogP contribution in [0.1, 0.15) is 54.1 Å². The molecule has 1 unspecified atom stereocenters. The van der Waals surface area contributed by atoms with Gasteiger partial charge >= 0.3 is 5.97 Å². The molecule has 0 saturated carbocycles. The summed E-state index contributed by atoms with van der Waals surface area (Å²) in [5.74, 6) is -0.245. The van der Waals surface area contributed by atoms with Gasteiger partial charge in [-0.3, -0.25) is 0 Å². The van der Waals surface area contributed by atoms with E-state index in [-0.39, 0.29) is 5.97 Å². The number of hydrogen-bond donors (Lipinski definition) is 0. The fraction of sp³-hybridized carbons (Fsp3) is 0.276. The van der Waals surface area contributed by atoms with Gasteiger partial charge in [0.15, 0.2) is 6.10 Å². The first-order valence-corrected chi connectivity index (χ1v) is 11.9. The van der Waals surface area contributed by atoms with Crippen molar-refractivity contribution in [2.45, 2.75) is 40.3 Å². The molecule has 0 saturated heterocycles. The molecule has 4 nitrogen and oxygen atoms in total. The lowest BCUT2D eigenvalue weighted by Crippen LogP contribution is -2.22. The van der Waals surface area contributed by atoms with Gasteiger partial charge in [0.05, 0.1) is 5.56 Å². The number of aromatic nitrogens is 1. The van der Waals surface area contributed by atoms with E-state index >= 15 is 0 Å². The highest BCUT2D eigenvalue weighted by Crippen LogP contribution is 2.47. The van der Waals surface area contributed by atoms with Crippen LogP contribution in [-0.2, 0) is 11.3 Å². The Morgan fingerprint density at radius 2 is 1.48 bits per heavy atom. The Labute approximate surface area is 195 Å². The lowest BCUT2D eigenvalue weighted by atomic mass is 9.89. The molecule has 0 radical (unpaired) electrons. The summed E-state index contributed by atoms with van der Waals surface area (Å²) in [5, 5.41) is 1.15. The van der Waals surface area contributed by atoms with Crippen molar-refractivity contribution in [2.75, 3.05) is 18.0 Å². The first-order chi connectivity index (χ1) is 16.1. The number of rotatable bonds is 6. The van der Waals surface area contributed by atoms with Gasteiger partial charge < -0.3 is 14.2 Å². The van der Waals surface area contributed by atoms with Crippen molar-refractivity contribution in [3.63, 3.8) is 0 Å². The average Bonchev–Trinajstić information content (AvgIpc) is 3.33. The monoisotopic (exact) mass is 438 g/mol. The molecule has 0 amide bonds. The number of cyclic esters (lactones) is 1. The van der Waals surface area contributed by atoms with Gasteiger partial charge in [0.1, 0.15) is 0 Å². The maximum absolute atomic E-state index is 13.0. The minimum absolute atomic E-state index is 0.245. The number of carbonyl (C=O) groups excluding carboxylic acids is 1. The molecule has 33 heavy (non-hydrogen) atoms. The molecule has 1 aromatic heterocycles. The largest absolute Gasteiger partial charge is 0.449 e. The Kier molecular flexibility index (Phi) is 5.45. The fourth-order valence-corrected chi connectivity index (χ4v) is 5.43. The lowest BCUT2D eigenvalue weighted by Gasteiger charge is -2.25. The lowest BCUT2D eigenvalue weighted by molar-refractivity contribution is 0.0457. The number of aryl methyl sites for hydroxylation is 1. The highest BCUT2D eigenvalue weighted by molar-refractivity contribution is 6.00. The quantitative estimate of drug-likeness (QED) is 0.313. The van der Waals surface area contributed by atoms with E-state index in [9.17, 15) is 4.79 Å². The van der Waals surface area contributed by atoms with Crippen LogP contribution in [0.5, 0.6) is 0 Å². The van der Waals surface area contributed by atoms with Crippen LogP contribution in [0.2, 0.25) is 0 Å². The molecule has 4 heteroatoms. The van der Waals surface area contributed by atoms with E-state index in [4.69, 9.17) is 4.74 Å². The van der Waals surface area contributed by atoms with E-state index in [2.05, 4.69) is 91.8 Å². The number of nitrogens with zero attached hydrogens (tertiary/aromatic N) is 2. The van der Waals surface area contributed by atoms with E-state index < -0.39 is 6.10 Å². The van der Waals surface area contributed by atoms with E-state index in [1.165, 1.54) is 11.2 Å². The zero-order chi connectivity index (χ0) is 23.1. The molecule has 0 spiro atoms. The molecule has 0 fully saturated rings. The molecule has 1 aliphatic heterocycles. The topological polar surface area (TPSA) is 34.5 Å². The molecule has 1 atom stereocenters. The predicted molar refractivity (Wildman–Crippen MR) is 135 cm³/mol. The molecule has 168 valence electrons. The number of benzene rings is 3. The van der Waals surface area contributed by atoms with Crippen LogP contribution >= 0.6 is 0 Å². The Bertz CT molecular complexity index is 1350. The number of esters is 1. The van der Waals surface area contributed by atoms with Gasteiger partial charge in [-0.25, -0.2) is 4.79 Å². The Balaban J connectivity index is 1.78. The average molecular weight is 439 g/mol. The maximum atomic E-state index is 13.0. The van der Waals surface area contributed by atoms with Crippen LogP contribution < -0.4 is 4.90 Å². The van der Waals surface area contributed by atoms with Crippen molar-refractivity contribution < 1.29 is 9.53 Å². The molecular weight excluding hydrogens is 408 g/mol. The van der Waals surface area contributed by atoms with Gasteiger partial charge in [-0.15, -0.1) is 0 Å². The van der Waals surface area contributed by atoms with Crippen LogP contribution in [0.25, 0.3) is 22.0 Å². The summed E-state index contributed by atoms with van der Waals surface area (Å²) in [5.41, 5.74) is 8.45. The van der Waals surface area contributed by atoms with Gasteiger partial charge in [0.25, 0.3) is 0 Å². The number of anilines is 1. The van der Waals surface area contributed by atoms with Crippen molar-refractivity contribution >= 4 is 22.6 Å². The summed E-state index contributed by atoms with van der Waals surface area (Å²) in [6.45, 7) is 11.4. The fourth-order valence-electron chi connectivity index (χ4n) is 5.43. The number of ether oxygens (including phenoxy) is 1. The third kappa shape index (κ3) is 3.24. The summed E-state index contributed by atoms with van der Waals surface area (Å²) in [6, 6.07) is 22.9. The second kappa shape index (κ2) is 8.43. The van der Waals surface area contributed by atoms with Gasteiger partial charge in [-0.1, -0.05) is 48.5 Å². The second-order valence-corrected chi connectivity index (χ2v) is 8.50. The molecule has 2 heterocycles. The molecule has 3 aromatic carbocycles. The van der Waals surface area contributed by atoms with Crippen molar-refractivity contribution in [3.8, 4) is 11.1 Å². The smallest absolute Gasteiger partial charge is 0.339 e. The minimum Gasteiger partial charge on any atom is -0.449 e. The first-order valence-electron chi connectivity index (χ1n) is 11.9. The number of carbonyl (C=O) groups is 1. The number of hydrogen-bond acceptors (Lipinski definition) is 3. The Hall–Kier alpha value is -3.53. The zero-order valence-electron chi connectivity index (χ0n) is 19.8. The summed E-state index contributed by atoms with van der Waals surface area (Å²) in [4.78, 5) is 15.4. The molecular formula is C29H30N2O2. The van der Waals surface area contributed by atoms with Crippen molar-refractivity contribution in [1.29, 1.82) is 0 Å². The molecule has 0 aliphatic carbocycles. The zero-order valence-corrected chi connectivity index (χ0v) is 19.8. The minimum atomic E-state index is -0.425. The van der Waals surface area contributed by atoms with Crippen molar-refractivity contribution in [3.05, 3.63) is 89.1 Å². The maximum Gasteiger partial charge on any atom is 0.339 e. The number of fused-ring (bicyclic) bond motifs is 2. The molecule has 4 aromatic rings. The SMILES string of the molecule is CCN(CC)c1ccccc1-c1cccc2c1C(c1c(C)n(CC)c3ccccc13)OC2=O. The molecule has 0 N–H and O–H groups in total. The van der Waals surface area contributed by atoms with Crippen LogP contribution in [-0.4, -0.2) is 23.6 Å². The third-order valence-electron chi connectivity index (χ3n) is 6.97. The first kappa shape index (κ1) is 21.3. The van der Waals surface area contributed by atoms with Crippen molar-refractivity contribution in [2.24, 2.45) is 0 Å². The van der Waals surface area contributed by atoms with Crippen LogP contribution in [0, 0.1) is 6.92 Å². The Morgan fingerprint density at radius 1 is 0.818 bits per heavy atom. The summed E-state index contributed by atoms with van der Waals surface area (Å²) >= 11 is 0. The van der Waals surface area contributed by atoms with Gasteiger partial charge in [-0.2, -0.15) is 0 Å². The highest BCUT2D eigenvalue weighted by Gasteiger charge is 2.38. The Morgan fingerprint density at radius 3 is 2.24 bits per heavy atom. The van der Waals surface area contributed by atoms with Crippen LogP contribution in [0.4, 0.5) is 5.69 Å². The molecule has 5 rings (SSSR count). The van der Waals surface area contributed by atoms with Crippen molar-refractivity contribution in [1.82, 2.24) is 4.57 Å². The summed E-state index contributed by atoms with van der Waals surface area (Å²) < 4.78 is 8.42. The molecule has 0 bridgehead atoms. The predicted octanol–water partition coefficient (Wildman–Crippen LogP) is 6.74. The van der Waals surface area contributed by atoms with E-state index in [1.807, 2.05) is 12.1 Å². The van der Waals surface area contributed by atoms with Gasteiger partial charge in [0, 0.05) is 58.6 Å².